The molecular formula is C27H31F2N7O5. The summed E-state index contributed by atoms with van der Waals surface area (Å²) >= 11 is 0. The van der Waals surface area contributed by atoms with Crippen molar-refractivity contribution in [2.24, 2.45) is 0 Å². The number of benzene rings is 1. The molecule has 2 N–H and O–H groups in total. The minimum Gasteiger partial charge on any atom is -0.474 e. The lowest BCUT2D eigenvalue weighted by molar-refractivity contribution is -0.132. The molecule has 0 unspecified atom stereocenters. The maximum atomic E-state index is 14.1. The van der Waals surface area contributed by atoms with Gasteiger partial charge in [0.25, 0.3) is 6.43 Å². The Morgan fingerprint density at radius 2 is 1.80 bits per heavy atom. The molecule has 2 aromatic heterocycles. The van der Waals surface area contributed by atoms with Gasteiger partial charge in [-0.15, -0.1) is 0 Å². The number of morpholine rings is 1. The van der Waals surface area contributed by atoms with Crippen LogP contribution in [0.2, 0.25) is 0 Å². The molecule has 1 atom stereocenters. The molecule has 0 spiro atoms. The number of carbonyl (C=O) groups excluding carboxylic acids is 1. The first-order valence-corrected chi connectivity index (χ1v) is 13.8. The number of anilines is 1. The number of nitrogens with zero attached hydrogens (tertiary/aromatic N) is 6. The molecule has 3 fully saturated rings. The molecule has 2 aliphatic heterocycles. The highest BCUT2D eigenvalue weighted by Crippen LogP contribution is 2.32. The number of para-hydroxylation sites is 2. The lowest BCUT2D eigenvalue weighted by atomic mass is 9.92. The molecule has 4 heterocycles. The van der Waals surface area contributed by atoms with Gasteiger partial charge in [-0.3, -0.25) is 9.36 Å². The fraction of sp³-hybridized carbons (Fsp3) is 0.519. The topological polar surface area (TPSA) is 135 Å². The number of hydrogen-bond donors (Lipinski definition) is 2. The summed E-state index contributed by atoms with van der Waals surface area (Å²) in [7, 11) is 0. The molecule has 12 nitrogen and oxygen atoms in total. The van der Waals surface area contributed by atoms with Gasteiger partial charge in [0.1, 0.15) is 18.0 Å². The Morgan fingerprint density at radius 1 is 1.05 bits per heavy atom. The first-order valence-electron chi connectivity index (χ1n) is 13.8. The molecule has 1 aliphatic carbocycles. The molecule has 2 saturated heterocycles. The van der Waals surface area contributed by atoms with Crippen molar-refractivity contribution in [3.05, 3.63) is 36.2 Å². The zero-order valence-corrected chi connectivity index (χ0v) is 22.3. The normalized spacial score (nSPS) is 23.4. The fourth-order valence-corrected chi connectivity index (χ4v) is 5.91. The van der Waals surface area contributed by atoms with Crippen LogP contribution in [0.5, 0.6) is 5.88 Å². The van der Waals surface area contributed by atoms with Gasteiger partial charge in [-0.25, -0.2) is 18.6 Å². The first kappa shape index (κ1) is 27.1. The quantitative estimate of drug-likeness (QED) is 0.439. The minimum atomic E-state index is -2.82. The monoisotopic (exact) mass is 571 g/mol. The van der Waals surface area contributed by atoms with Gasteiger partial charge in [0, 0.05) is 31.7 Å². The van der Waals surface area contributed by atoms with E-state index in [4.69, 9.17) is 14.6 Å². The number of likely N-dealkylation sites (tertiary alicyclic amines) is 1. The van der Waals surface area contributed by atoms with E-state index in [-0.39, 0.29) is 29.8 Å². The lowest BCUT2D eigenvalue weighted by Gasteiger charge is -2.34. The maximum Gasteiger partial charge on any atom is 0.405 e. The molecule has 14 heteroatoms. The van der Waals surface area contributed by atoms with Crippen LogP contribution in [0.15, 0.2) is 30.3 Å². The average molecular weight is 572 g/mol. The molecule has 0 bridgehead atoms. The van der Waals surface area contributed by atoms with Gasteiger partial charge in [0.05, 0.1) is 24.2 Å². The van der Waals surface area contributed by atoms with Crippen molar-refractivity contribution in [1.82, 2.24) is 29.7 Å². The van der Waals surface area contributed by atoms with Crippen LogP contribution in [0.1, 0.15) is 44.4 Å². The number of amides is 2. The van der Waals surface area contributed by atoms with Gasteiger partial charge in [0.15, 0.2) is 5.82 Å². The van der Waals surface area contributed by atoms with Crippen LogP contribution in [0.3, 0.4) is 0 Å². The zero-order valence-electron chi connectivity index (χ0n) is 22.3. The number of imidazole rings is 1. The number of alkyl halides is 2. The van der Waals surface area contributed by atoms with Crippen molar-refractivity contribution in [3.8, 4) is 11.7 Å². The van der Waals surface area contributed by atoms with Crippen molar-refractivity contribution in [3.63, 3.8) is 0 Å². The van der Waals surface area contributed by atoms with Crippen molar-refractivity contribution < 1.29 is 33.0 Å². The van der Waals surface area contributed by atoms with Crippen LogP contribution in [0, 0.1) is 0 Å². The van der Waals surface area contributed by atoms with Crippen LogP contribution >= 0.6 is 0 Å². The number of halogens is 2. The minimum absolute atomic E-state index is 0.0127. The third kappa shape index (κ3) is 5.60. The van der Waals surface area contributed by atoms with E-state index in [1.54, 1.807) is 35.2 Å². The van der Waals surface area contributed by atoms with Gasteiger partial charge >= 0.3 is 6.09 Å². The number of hydrogen-bond acceptors (Lipinski definition) is 8. The second-order valence-corrected chi connectivity index (χ2v) is 10.4. The summed E-state index contributed by atoms with van der Waals surface area (Å²) < 4.78 is 41.4. The predicted octanol–water partition coefficient (Wildman–Crippen LogP) is 3.15. The Labute approximate surface area is 234 Å². The Hall–Kier alpha value is -4.07. The van der Waals surface area contributed by atoms with Crippen molar-refractivity contribution >= 4 is 29.0 Å². The summed E-state index contributed by atoms with van der Waals surface area (Å²) in [6.07, 6.45) is -1.03. The van der Waals surface area contributed by atoms with Crippen LogP contribution in [0.25, 0.3) is 16.9 Å². The summed E-state index contributed by atoms with van der Waals surface area (Å²) in [6.45, 7) is 2.64. The van der Waals surface area contributed by atoms with Crippen LogP contribution in [-0.4, -0.2) is 92.6 Å². The van der Waals surface area contributed by atoms with E-state index in [9.17, 15) is 18.4 Å². The molecule has 6 rings (SSSR count). The molecular weight excluding hydrogens is 540 g/mol. The van der Waals surface area contributed by atoms with E-state index >= 15 is 0 Å². The highest BCUT2D eigenvalue weighted by atomic mass is 19.3. The predicted molar refractivity (Wildman–Crippen MR) is 143 cm³/mol. The molecule has 218 valence electrons. The standard InChI is InChI=1S/C27H31F2N7O5/c28-23(29)24-30-18-3-1-2-4-20(18)36(24)21-15-22(33-26(32-21)34-11-13-40-14-12-34)41-17-7-5-16(6-8-17)35-10-9-19(25(35)37)31-27(38)39/h1-4,15-17,19,23,31H,5-14H2,(H,38,39)/t16-,17-,19-/m1/s1. The number of aromatic nitrogens is 4. The number of carboxylic acid groups (broad SMARTS) is 1. The van der Waals surface area contributed by atoms with Gasteiger partial charge < -0.3 is 29.7 Å². The number of ether oxygens (including phenoxy) is 2. The van der Waals surface area contributed by atoms with Crippen molar-refractivity contribution in [2.45, 2.75) is 56.7 Å². The van der Waals surface area contributed by atoms with Gasteiger partial charge in [-0.05, 0) is 44.2 Å². The number of rotatable bonds is 7. The van der Waals surface area contributed by atoms with E-state index in [0.717, 1.165) is 0 Å². The highest BCUT2D eigenvalue weighted by molar-refractivity contribution is 5.87. The summed E-state index contributed by atoms with van der Waals surface area (Å²) in [5.41, 5.74) is 0.944. The average Bonchev–Trinajstić information content (AvgIpc) is 3.54. The van der Waals surface area contributed by atoms with E-state index in [1.807, 2.05) is 4.90 Å². The first-order chi connectivity index (χ1) is 19.9. The molecule has 2 amide bonds. The van der Waals surface area contributed by atoms with E-state index < -0.39 is 24.4 Å². The zero-order chi connectivity index (χ0) is 28.5. The molecule has 41 heavy (non-hydrogen) atoms. The SMILES string of the molecule is O=C(O)N[C@@H]1CCN([C@H]2CC[C@H](Oc3cc(-n4c(C(F)F)nc5ccccc54)nc(N4CCOCC4)n3)CC2)C1=O. The molecule has 1 saturated carbocycles. The largest absolute Gasteiger partial charge is 0.474 e. The summed E-state index contributed by atoms with van der Waals surface area (Å²) in [5.74, 6) is 0.298. The number of fused-ring (bicyclic) bond motifs is 1. The second-order valence-electron chi connectivity index (χ2n) is 10.4. The second kappa shape index (κ2) is 11.4. The van der Waals surface area contributed by atoms with E-state index in [1.165, 1.54) is 4.57 Å². The van der Waals surface area contributed by atoms with E-state index in [2.05, 4.69) is 20.3 Å². The van der Waals surface area contributed by atoms with Crippen molar-refractivity contribution in [1.29, 1.82) is 0 Å². The van der Waals surface area contributed by atoms with Gasteiger partial charge in [-0.1, -0.05) is 12.1 Å². The Bertz CT molecular complexity index is 1420. The van der Waals surface area contributed by atoms with Crippen molar-refractivity contribution in [2.75, 3.05) is 37.7 Å². The highest BCUT2D eigenvalue weighted by Gasteiger charge is 2.38. The van der Waals surface area contributed by atoms with Crippen LogP contribution in [0.4, 0.5) is 19.5 Å². The molecule has 0 radical (unpaired) electrons. The summed E-state index contributed by atoms with van der Waals surface area (Å²) in [5, 5.41) is 11.3. The number of carbonyl (C=O) groups is 2. The third-order valence-corrected chi connectivity index (χ3v) is 7.89. The smallest absolute Gasteiger partial charge is 0.405 e. The maximum absolute atomic E-state index is 14.1. The Morgan fingerprint density at radius 3 is 2.54 bits per heavy atom. The Kier molecular flexibility index (Phi) is 7.56. The molecule has 3 aromatic rings. The van der Waals surface area contributed by atoms with Crippen LogP contribution in [-0.2, 0) is 9.53 Å². The third-order valence-electron chi connectivity index (χ3n) is 7.89. The molecule has 1 aromatic carbocycles. The molecule has 3 aliphatic rings. The van der Waals surface area contributed by atoms with E-state index in [0.29, 0.717) is 81.9 Å². The van der Waals surface area contributed by atoms with Gasteiger partial charge in [-0.2, -0.15) is 9.97 Å². The fourth-order valence-electron chi connectivity index (χ4n) is 5.91. The van der Waals surface area contributed by atoms with Gasteiger partial charge in [0.2, 0.25) is 17.7 Å². The summed E-state index contributed by atoms with van der Waals surface area (Å²) in [6, 6.07) is 7.81. The Balaban J connectivity index is 1.24. The number of nitrogens with one attached hydrogen (secondary N) is 1. The van der Waals surface area contributed by atoms with Crippen LogP contribution < -0.4 is 15.0 Å². The lowest BCUT2D eigenvalue weighted by Crippen LogP contribution is -2.46. The summed E-state index contributed by atoms with van der Waals surface area (Å²) in [4.78, 5) is 40.9.